The minimum Gasteiger partial charge on any atom is -0.493 e. The summed E-state index contributed by atoms with van der Waals surface area (Å²) in [6.07, 6.45) is 0. The van der Waals surface area contributed by atoms with Gasteiger partial charge in [0, 0.05) is 24.7 Å². The third-order valence-electron chi connectivity index (χ3n) is 2.43. The van der Waals surface area contributed by atoms with E-state index in [1.54, 1.807) is 14.2 Å². The van der Waals surface area contributed by atoms with Gasteiger partial charge in [0.25, 0.3) is 0 Å². The Hall–Kier alpha value is -0.780. The van der Waals surface area contributed by atoms with E-state index in [-0.39, 0.29) is 0 Å². The Bertz CT molecular complexity index is 371. The van der Waals surface area contributed by atoms with Gasteiger partial charge in [-0.2, -0.15) is 0 Å². The fourth-order valence-electron chi connectivity index (χ4n) is 1.54. The zero-order valence-electron chi connectivity index (χ0n) is 11.1. The van der Waals surface area contributed by atoms with Crippen LogP contribution in [-0.2, 0) is 11.3 Å². The van der Waals surface area contributed by atoms with Crippen molar-refractivity contribution < 1.29 is 14.2 Å². The average Bonchev–Trinajstić information content (AvgIpc) is 2.37. The number of rotatable bonds is 8. The standard InChI is InChI=1S/C13H20BrNO3/c1-4-18-13-8-11(14)10(7-12(13)17-3)9-15-5-6-16-2/h7-8,15H,4-6,9H2,1-3H3. The fraction of sp³-hybridized carbons (Fsp3) is 0.538. The molecule has 1 aromatic carbocycles. The molecular weight excluding hydrogens is 298 g/mol. The van der Waals surface area contributed by atoms with Gasteiger partial charge in [-0.3, -0.25) is 0 Å². The summed E-state index contributed by atoms with van der Waals surface area (Å²) in [7, 11) is 3.34. The molecule has 0 aliphatic carbocycles. The molecule has 1 aromatic rings. The summed E-state index contributed by atoms with van der Waals surface area (Å²) in [6, 6.07) is 3.92. The van der Waals surface area contributed by atoms with Crippen LogP contribution in [0.4, 0.5) is 0 Å². The SMILES string of the molecule is CCOc1cc(Br)c(CNCCOC)cc1OC. The number of nitrogens with one attached hydrogen (secondary N) is 1. The van der Waals surface area contributed by atoms with Crippen LogP contribution in [-0.4, -0.2) is 34.0 Å². The second-order valence-electron chi connectivity index (χ2n) is 3.70. The van der Waals surface area contributed by atoms with Crippen molar-refractivity contribution in [2.24, 2.45) is 0 Å². The number of benzene rings is 1. The molecule has 0 aromatic heterocycles. The summed E-state index contributed by atoms with van der Waals surface area (Å²) < 4.78 is 16.8. The van der Waals surface area contributed by atoms with Crippen molar-refractivity contribution in [2.45, 2.75) is 13.5 Å². The van der Waals surface area contributed by atoms with Crippen molar-refractivity contribution in [1.29, 1.82) is 0 Å². The van der Waals surface area contributed by atoms with Crippen molar-refractivity contribution in [3.05, 3.63) is 22.2 Å². The van der Waals surface area contributed by atoms with Gasteiger partial charge in [0.1, 0.15) is 0 Å². The number of hydrogen-bond donors (Lipinski definition) is 1. The van der Waals surface area contributed by atoms with Gasteiger partial charge in [0.2, 0.25) is 0 Å². The summed E-state index contributed by atoms with van der Waals surface area (Å²) in [5, 5.41) is 3.29. The summed E-state index contributed by atoms with van der Waals surface area (Å²) in [5.74, 6) is 1.51. The fourth-order valence-corrected chi connectivity index (χ4v) is 2.00. The molecule has 0 spiro atoms. The van der Waals surface area contributed by atoms with Crippen LogP contribution in [0.2, 0.25) is 0 Å². The topological polar surface area (TPSA) is 39.7 Å². The zero-order chi connectivity index (χ0) is 13.4. The van der Waals surface area contributed by atoms with Crippen LogP contribution in [0, 0.1) is 0 Å². The van der Waals surface area contributed by atoms with E-state index in [2.05, 4.69) is 21.2 Å². The molecule has 0 unspecified atom stereocenters. The molecule has 0 amide bonds. The van der Waals surface area contributed by atoms with Crippen LogP contribution in [0.25, 0.3) is 0 Å². The van der Waals surface area contributed by atoms with Crippen LogP contribution in [0.1, 0.15) is 12.5 Å². The molecule has 0 saturated carbocycles. The molecule has 0 saturated heterocycles. The van der Waals surface area contributed by atoms with Crippen molar-refractivity contribution in [1.82, 2.24) is 5.32 Å². The van der Waals surface area contributed by atoms with E-state index in [9.17, 15) is 0 Å². The first-order valence-electron chi connectivity index (χ1n) is 5.91. The molecule has 18 heavy (non-hydrogen) atoms. The third kappa shape index (κ3) is 4.48. The Morgan fingerprint density at radius 1 is 1.22 bits per heavy atom. The van der Waals surface area contributed by atoms with E-state index in [0.717, 1.165) is 34.6 Å². The van der Waals surface area contributed by atoms with Crippen molar-refractivity contribution in [3.63, 3.8) is 0 Å². The van der Waals surface area contributed by atoms with Crippen LogP contribution in [0.3, 0.4) is 0 Å². The van der Waals surface area contributed by atoms with Gasteiger partial charge in [-0.05, 0) is 24.6 Å². The minimum absolute atomic E-state index is 0.619. The maximum absolute atomic E-state index is 5.51. The van der Waals surface area contributed by atoms with E-state index in [1.807, 2.05) is 19.1 Å². The molecule has 0 radical (unpaired) electrons. The van der Waals surface area contributed by atoms with E-state index in [1.165, 1.54) is 0 Å². The Balaban J connectivity index is 2.73. The van der Waals surface area contributed by atoms with Gasteiger partial charge in [0.15, 0.2) is 11.5 Å². The van der Waals surface area contributed by atoms with Gasteiger partial charge in [-0.1, -0.05) is 15.9 Å². The Kier molecular flexibility index (Phi) is 7.08. The first-order chi connectivity index (χ1) is 8.72. The normalized spacial score (nSPS) is 10.4. The summed E-state index contributed by atoms with van der Waals surface area (Å²) in [6.45, 7) is 4.85. The van der Waals surface area contributed by atoms with E-state index in [0.29, 0.717) is 13.2 Å². The lowest BCUT2D eigenvalue weighted by Crippen LogP contribution is -2.18. The molecule has 0 atom stereocenters. The molecule has 0 bridgehead atoms. The van der Waals surface area contributed by atoms with Crippen molar-refractivity contribution in [3.8, 4) is 11.5 Å². The summed E-state index contributed by atoms with van der Waals surface area (Å²) in [4.78, 5) is 0. The summed E-state index contributed by atoms with van der Waals surface area (Å²) in [5.41, 5.74) is 1.13. The lowest BCUT2D eigenvalue weighted by Gasteiger charge is -2.13. The number of methoxy groups -OCH3 is 2. The molecule has 102 valence electrons. The van der Waals surface area contributed by atoms with Gasteiger partial charge >= 0.3 is 0 Å². The Morgan fingerprint density at radius 3 is 2.61 bits per heavy atom. The highest BCUT2D eigenvalue weighted by Crippen LogP contribution is 2.33. The Labute approximate surface area is 117 Å². The highest BCUT2D eigenvalue weighted by atomic mass is 79.9. The van der Waals surface area contributed by atoms with E-state index < -0.39 is 0 Å². The summed E-state index contributed by atoms with van der Waals surface area (Å²) >= 11 is 3.54. The second kappa shape index (κ2) is 8.34. The molecule has 1 rings (SSSR count). The van der Waals surface area contributed by atoms with Crippen LogP contribution < -0.4 is 14.8 Å². The van der Waals surface area contributed by atoms with Crippen molar-refractivity contribution >= 4 is 15.9 Å². The monoisotopic (exact) mass is 317 g/mol. The van der Waals surface area contributed by atoms with Crippen LogP contribution in [0.15, 0.2) is 16.6 Å². The van der Waals surface area contributed by atoms with Gasteiger partial charge < -0.3 is 19.5 Å². The first-order valence-corrected chi connectivity index (χ1v) is 6.71. The average molecular weight is 318 g/mol. The second-order valence-corrected chi connectivity index (χ2v) is 4.55. The van der Waals surface area contributed by atoms with E-state index >= 15 is 0 Å². The highest BCUT2D eigenvalue weighted by Gasteiger charge is 2.09. The molecule has 4 nitrogen and oxygen atoms in total. The number of hydrogen-bond acceptors (Lipinski definition) is 4. The highest BCUT2D eigenvalue weighted by molar-refractivity contribution is 9.10. The lowest BCUT2D eigenvalue weighted by atomic mass is 10.2. The predicted molar refractivity (Wildman–Crippen MR) is 75.4 cm³/mol. The van der Waals surface area contributed by atoms with Gasteiger partial charge in [-0.15, -0.1) is 0 Å². The maximum Gasteiger partial charge on any atom is 0.162 e. The van der Waals surface area contributed by atoms with Crippen LogP contribution >= 0.6 is 15.9 Å². The third-order valence-corrected chi connectivity index (χ3v) is 3.17. The van der Waals surface area contributed by atoms with Gasteiger partial charge in [0.05, 0.1) is 20.3 Å². The number of halogens is 1. The van der Waals surface area contributed by atoms with E-state index in [4.69, 9.17) is 14.2 Å². The molecule has 0 aliphatic heterocycles. The molecule has 0 heterocycles. The van der Waals surface area contributed by atoms with Crippen molar-refractivity contribution in [2.75, 3.05) is 34.0 Å². The molecular formula is C13H20BrNO3. The molecule has 1 N–H and O–H groups in total. The molecule has 5 heteroatoms. The largest absolute Gasteiger partial charge is 0.493 e. The predicted octanol–water partition coefficient (Wildman–Crippen LogP) is 2.59. The smallest absolute Gasteiger partial charge is 0.162 e. The Morgan fingerprint density at radius 2 is 2.00 bits per heavy atom. The number of ether oxygens (including phenoxy) is 3. The lowest BCUT2D eigenvalue weighted by molar-refractivity contribution is 0.199. The van der Waals surface area contributed by atoms with Crippen LogP contribution in [0.5, 0.6) is 11.5 Å². The zero-order valence-corrected chi connectivity index (χ0v) is 12.7. The molecule has 0 aliphatic rings. The quantitative estimate of drug-likeness (QED) is 0.748. The van der Waals surface area contributed by atoms with Gasteiger partial charge in [-0.25, -0.2) is 0 Å². The maximum atomic E-state index is 5.51. The first kappa shape index (κ1) is 15.3. The minimum atomic E-state index is 0.619. The molecule has 0 fully saturated rings.